The van der Waals surface area contributed by atoms with Gasteiger partial charge in [-0.05, 0) is 30.3 Å². The van der Waals surface area contributed by atoms with E-state index in [4.69, 9.17) is 51.1 Å². The number of carbonyl (C=O) groups excluding carboxylic acids is 3. The van der Waals surface area contributed by atoms with Crippen LogP contribution in [0.3, 0.4) is 0 Å². The molecule has 0 atom stereocenters. The Morgan fingerprint density at radius 1 is 0.889 bits per heavy atom. The highest BCUT2D eigenvalue weighted by Gasteiger charge is 2.14. The zero-order valence-corrected chi connectivity index (χ0v) is 16.5. The molecule has 0 aliphatic rings. The Hall–Kier alpha value is -1.99. The number of anilines is 1. The smallest absolute Gasteiger partial charge is 0.325 e. The van der Waals surface area contributed by atoms with Crippen molar-refractivity contribution < 1.29 is 19.1 Å². The van der Waals surface area contributed by atoms with Gasteiger partial charge in [0.15, 0.2) is 6.61 Å². The molecule has 0 spiro atoms. The van der Waals surface area contributed by atoms with Gasteiger partial charge >= 0.3 is 5.97 Å². The van der Waals surface area contributed by atoms with Gasteiger partial charge in [-0.1, -0.05) is 52.5 Å². The predicted molar refractivity (Wildman–Crippen MR) is 105 cm³/mol. The summed E-state index contributed by atoms with van der Waals surface area (Å²) < 4.78 is 4.79. The summed E-state index contributed by atoms with van der Waals surface area (Å²) in [6, 6.07) is 9.00. The van der Waals surface area contributed by atoms with Crippen molar-refractivity contribution in [2.24, 2.45) is 0 Å². The van der Waals surface area contributed by atoms with Gasteiger partial charge in [0, 0.05) is 5.56 Å². The second kappa shape index (κ2) is 9.80. The van der Waals surface area contributed by atoms with Crippen molar-refractivity contribution in [2.45, 2.75) is 0 Å². The topological polar surface area (TPSA) is 84.5 Å². The van der Waals surface area contributed by atoms with Gasteiger partial charge in [0.25, 0.3) is 11.8 Å². The van der Waals surface area contributed by atoms with Gasteiger partial charge in [0.1, 0.15) is 6.54 Å². The largest absolute Gasteiger partial charge is 0.454 e. The van der Waals surface area contributed by atoms with Crippen molar-refractivity contribution in [2.75, 3.05) is 18.5 Å². The first-order valence-electron chi connectivity index (χ1n) is 7.40. The summed E-state index contributed by atoms with van der Waals surface area (Å²) in [6.07, 6.45) is 0. The maximum atomic E-state index is 11.9. The van der Waals surface area contributed by atoms with Crippen LogP contribution >= 0.6 is 46.4 Å². The molecular formula is C17H12Cl4N2O4. The molecule has 6 nitrogen and oxygen atoms in total. The molecule has 2 rings (SSSR count). The Balaban J connectivity index is 1.79. The van der Waals surface area contributed by atoms with Crippen molar-refractivity contribution in [1.82, 2.24) is 5.32 Å². The van der Waals surface area contributed by atoms with Gasteiger partial charge in [0.2, 0.25) is 0 Å². The molecule has 0 saturated carbocycles. The molecular weight excluding hydrogens is 438 g/mol. The van der Waals surface area contributed by atoms with Crippen LogP contribution in [0.2, 0.25) is 20.1 Å². The van der Waals surface area contributed by atoms with Crippen LogP contribution in [0.5, 0.6) is 0 Å². The van der Waals surface area contributed by atoms with E-state index in [1.165, 1.54) is 18.2 Å². The van der Waals surface area contributed by atoms with E-state index in [0.717, 1.165) is 0 Å². The average molecular weight is 450 g/mol. The molecule has 27 heavy (non-hydrogen) atoms. The summed E-state index contributed by atoms with van der Waals surface area (Å²) in [7, 11) is 0. The van der Waals surface area contributed by atoms with Crippen LogP contribution in [0.1, 0.15) is 10.4 Å². The van der Waals surface area contributed by atoms with E-state index in [1.807, 2.05) is 0 Å². The number of halogens is 4. The zero-order chi connectivity index (χ0) is 20.0. The predicted octanol–water partition coefficient (Wildman–Crippen LogP) is 4.21. The van der Waals surface area contributed by atoms with Crippen LogP contribution in [0, 0.1) is 0 Å². The molecule has 2 aromatic carbocycles. The molecule has 0 heterocycles. The fourth-order valence-electron chi connectivity index (χ4n) is 1.88. The quantitative estimate of drug-likeness (QED) is 0.647. The third-order valence-corrected chi connectivity index (χ3v) is 4.54. The van der Waals surface area contributed by atoms with Crippen LogP contribution in [0.15, 0.2) is 36.4 Å². The Morgan fingerprint density at radius 2 is 1.56 bits per heavy atom. The Bertz CT molecular complexity index is 869. The molecule has 0 bridgehead atoms. The number of esters is 1. The summed E-state index contributed by atoms with van der Waals surface area (Å²) in [5.74, 6) is -1.98. The van der Waals surface area contributed by atoms with Crippen molar-refractivity contribution >= 4 is 69.9 Å². The lowest BCUT2D eigenvalue weighted by Crippen LogP contribution is -2.32. The molecule has 2 amide bonds. The molecule has 0 fully saturated rings. The molecule has 142 valence electrons. The summed E-state index contributed by atoms with van der Waals surface area (Å²) in [5, 5.41) is 5.80. The van der Waals surface area contributed by atoms with E-state index in [-0.39, 0.29) is 26.3 Å². The minimum Gasteiger partial charge on any atom is -0.454 e. The number of nitrogens with one attached hydrogen (secondary N) is 2. The van der Waals surface area contributed by atoms with E-state index in [0.29, 0.717) is 5.02 Å². The standard InChI is InChI=1S/C17H12Cl4N2O4/c18-10-5-4-9(6-13(10)21)17(26)22-7-15(25)27-8-14(24)23-16-11(19)2-1-3-12(16)20/h1-6H,7-8H2,(H,22,26)(H,23,24). The van der Waals surface area contributed by atoms with Crippen molar-refractivity contribution in [3.8, 4) is 0 Å². The van der Waals surface area contributed by atoms with E-state index < -0.39 is 30.9 Å². The fraction of sp³-hybridized carbons (Fsp3) is 0.118. The molecule has 0 saturated heterocycles. The van der Waals surface area contributed by atoms with E-state index in [1.54, 1.807) is 18.2 Å². The highest BCUT2D eigenvalue weighted by Crippen LogP contribution is 2.29. The number of ether oxygens (including phenoxy) is 1. The van der Waals surface area contributed by atoms with Gasteiger partial charge < -0.3 is 15.4 Å². The van der Waals surface area contributed by atoms with Gasteiger partial charge in [-0.3, -0.25) is 14.4 Å². The lowest BCUT2D eigenvalue weighted by Gasteiger charge is -2.10. The molecule has 10 heteroatoms. The van der Waals surface area contributed by atoms with Crippen LogP contribution in [-0.4, -0.2) is 30.9 Å². The normalized spacial score (nSPS) is 10.2. The highest BCUT2D eigenvalue weighted by molar-refractivity contribution is 6.42. The van der Waals surface area contributed by atoms with Crippen LogP contribution in [0.4, 0.5) is 5.69 Å². The summed E-state index contributed by atoms with van der Waals surface area (Å²) in [6.45, 7) is -0.998. The van der Waals surface area contributed by atoms with Crippen molar-refractivity contribution in [3.63, 3.8) is 0 Å². The Morgan fingerprint density at radius 3 is 2.19 bits per heavy atom. The number of hydrogen-bond acceptors (Lipinski definition) is 4. The van der Waals surface area contributed by atoms with Crippen LogP contribution in [0.25, 0.3) is 0 Å². The Kier molecular flexibility index (Phi) is 7.74. The number of rotatable bonds is 6. The molecule has 2 aromatic rings. The van der Waals surface area contributed by atoms with E-state index >= 15 is 0 Å². The lowest BCUT2D eigenvalue weighted by molar-refractivity contribution is -0.146. The van der Waals surface area contributed by atoms with E-state index in [2.05, 4.69) is 10.6 Å². The number of benzene rings is 2. The molecule has 2 N–H and O–H groups in total. The number of para-hydroxylation sites is 1. The molecule has 0 aromatic heterocycles. The zero-order valence-electron chi connectivity index (χ0n) is 13.5. The molecule has 0 unspecified atom stereocenters. The van der Waals surface area contributed by atoms with Crippen molar-refractivity contribution in [3.05, 3.63) is 62.1 Å². The Labute approximate surface area is 174 Å². The SMILES string of the molecule is O=C(COC(=O)CNC(=O)c1ccc(Cl)c(Cl)c1)Nc1c(Cl)cccc1Cl. The number of hydrogen-bond donors (Lipinski definition) is 2. The first-order valence-corrected chi connectivity index (χ1v) is 8.92. The third kappa shape index (κ3) is 6.29. The number of amides is 2. The first kappa shape index (κ1) is 21.3. The molecule has 0 aliphatic carbocycles. The molecule has 0 radical (unpaired) electrons. The number of carbonyl (C=O) groups is 3. The van der Waals surface area contributed by atoms with Gasteiger partial charge in [-0.2, -0.15) is 0 Å². The fourth-order valence-corrected chi connectivity index (χ4v) is 2.67. The second-order valence-electron chi connectivity index (χ2n) is 5.12. The minimum absolute atomic E-state index is 0.210. The first-order chi connectivity index (χ1) is 12.8. The third-order valence-electron chi connectivity index (χ3n) is 3.17. The second-order valence-corrected chi connectivity index (χ2v) is 6.75. The van der Waals surface area contributed by atoms with E-state index in [9.17, 15) is 14.4 Å². The van der Waals surface area contributed by atoms with Crippen LogP contribution in [-0.2, 0) is 14.3 Å². The molecule has 0 aliphatic heterocycles. The summed E-state index contributed by atoms with van der Waals surface area (Å²) in [4.78, 5) is 35.4. The lowest BCUT2D eigenvalue weighted by atomic mass is 10.2. The minimum atomic E-state index is -0.802. The summed E-state index contributed by atoms with van der Waals surface area (Å²) >= 11 is 23.5. The van der Waals surface area contributed by atoms with Gasteiger partial charge in [0.05, 0.1) is 25.8 Å². The van der Waals surface area contributed by atoms with Gasteiger partial charge in [-0.15, -0.1) is 0 Å². The maximum Gasteiger partial charge on any atom is 0.325 e. The monoisotopic (exact) mass is 448 g/mol. The maximum absolute atomic E-state index is 11.9. The van der Waals surface area contributed by atoms with Crippen molar-refractivity contribution in [1.29, 1.82) is 0 Å². The van der Waals surface area contributed by atoms with Gasteiger partial charge in [-0.25, -0.2) is 0 Å². The average Bonchev–Trinajstić information content (AvgIpc) is 2.63. The van der Waals surface area contributed by atoms with Crippen LogP contribution < -0.4 is 10.6 Å². The summed E-state index contributed by atoms with van der Waals surface area (Å²) in [5.41, 5.74) is 0.443. The highest BCUT2D eigenvalue weighted by atomic mass is 35.5.